The van der Waals surface area contributed by atoms with E-state index in [1.165, 1.54) is 5.56 Å². The Morgan fingerprint density at radius 1 is 1.09 bits per heavy atom. The van der Waals surface area contributed by atoms with E-state index in [4.69, 9.17) is 4.74 Å². The summed E-state index contributed by atoms with van der Waals surface area (Å²) in [7, 11) is 0. The normalized spacial score (nSPS) is 22.5. The van der Waals surface area contributed by atoms with Crippen LogP contribution in [-0.4, -0.2) is 55.1 Å². The number of carbonyl (C=O) groups excluding carboxylic acids is 1. The molecule has 0 N–H and O–H groups in total. The molecular weight excluding hydrogens is 276 g/mol. The maximum absolute atomic E-state index is 12.6. The third-order valence-corrected chi connectivity index (χ3v) is 5.03. The molecule has 0 aromatic heterocycles. The number of hydrogen-bond acceptors (Lipinski definition) is 3. The molecule has 0 saturated carbocycles. The number of carbonyl (C=O) groups is 1. The molecule has 1 atom stereocenters. The van der Waals surface area contributed by atoms with E-state index in [0.29, 0.717) is 25.2 Å². The third-order valence-electron chi connectivity index (χ3n) is 5.03. The van der Waals surface area contributed by atoms with Gasteiger partial charge < -0.3 is 9.64 Å². The third kappa shape index (κ3) is 3.50. The van der Waals surface area contributed by atoms with Gasteiger partial charge in [0.05, 0.1) is 13.2 Å². The first-order valence-electron chi connectivity index (χ1n) is 8.41. The topological polar surface area (TPSA) is 32.8 Å². The second-order valence-corrected chi connectivity index (χ2v) is 6.33. The van der Waals surface area contributed by atoms with Crippen LogP contribution >= 0.6 is 0 Å². The van der Waals surface area contributed by atoms with Crippen molar-refractivity contribution in [2.24, 2.45) is 5.92 Å². The second-order valence-electron chi connectivity index (χ2n) is 6.33. The molecule has 0 aliphatic carbocycles. The van der Waals surface area contributed by atoms with Crippen LogP contribution in [0.5, 0.6) is 0 Å². The van der Waals surface area contributed by atoms with E-state index in [1.54, 1.807) is 0 Å². The Morgan fingerprint density at radius 2 is 1.73 bits per heavy atom. The van der Waals surface area contributed by atoms with Gasteiger partial charge in [-0.3, -0.25) is 9.69 Å². The van der Waals surface area contributed by atoms with Gasteiger partial charge in [-0.1, -0.05) is 30.3 Å². The maximum Gasteiger partial charge on any atom is 0.225 e. The summed E-state index contributed by atoms with van der Waals surface area (Å²) in [6.45, 7) is 7.19. The van der Waals surface area contributed by atoms with Crippen molar-refractivity contribution in [3.63, 3.8) is 0 Å². The number of benzene rings is 1. The average Bonchev–Trinajstić information content (AvgIpc) is 2.62. The molecule has 2 fully saturated rings. The molecular formula is C18H26N2O2. The summed E-state index contributed by atoms with van der Waals surface area (Å²) in [4.78, 5) is 17.0. The molecule has 2 heterocycles. The lowest BCUT2D eigenvalue weighted by molar-refractivity contribution is -0.141. The van der Waals surface area contributed by atoms with E-state index in [1.807, 2.05) is 4.90 Å². The second kappa shape index (κ2) is 7.25. The van der Waals surface area contributed by atoms with Gasteiger partial charge in [-0.15, -0.1) is 0 Å². The minimum atomic E-state index is 0.206. The van der Waals surface area contributed by atoms with E-state index in [2.05, 4.69) is 42.2 Å². The maximum atomic E-state index is 12.6. The monoisotopic (exact) mass is 302 g/mol. The zero-order valence-corrected chi connectivity index (χ0v) is 13.4. The molecule has 2 saturated heterocycles. The molecule has 0 spiro atoms. The van der Waals surface area contributed by atoms with Gasteiger partial charge in [0, 0.05) is 25.0 Å². The molecule has 2 aliphatic rings. The van der Waals surface area contributed by atoms with E-state index in [9.17, 15) is 4.79 Å². The highest BCUT2D eigenvalue weighted by Crippen LogP contribution is 2.27. The highest BCUT2D eigenvalue weighted by atomic mass is 16.5. The number of hydrogen-bond donors (Lipinski definition) is 0. The quantitative estimate of drug-likeness (QED) is 0.859. The van der Waals surface area contributed by atoms with Crippen molar-refractivity contribution >= 4 is 5.91 Å². The Hall–Kier alpha value is -1.39. The number of nitrogens with zero attached hydrogens (tertiary/aromatic N) is 2. The first-order chi connectivity index (χ1) is 10.8. The largest absolute Gasteiger partial charge is 0.378 e. The SMILES string of the molecule is CC(c1ccccc1)N1CCC(C(=O)N2CCOCC2)CC1. The van der Waals surface area contributed by atoms with Crippen molar-refractivity contribution < 1.29 is 9.53 Å². The summed E-state index contributed by atoms with van der Waals surface area (Å²) in [5.41, 5.74) is 1.36. The van der Waals surface area contributed by atoms with E-state index >= 15 is 0 Å². The first-order valence-corrected chi connectivity index (χ1v) is 8.41. The van der Waals surface area contributed by atoms with Crippen molar-refractivity contribution in [3.8, 4) is 0 Å². The number of amides is 1. The van der Waals surface area contributed by atoms with Crippen LogP contribution in [0.4, 0.5) is 0 Å². The van der Waals surface area contributed by atoms with Gasteiger partial charge >= 0.3 is 0 Å². The zero-order chi connectivity index (χ0) is 15.4. The van der Waals surface area contributed by atoms with Gasteiger partial charge in [0.15, 0.2) is 0 Å². The molecule has 22 heavy (non-hydrogen) atoms. The summed E-state index contributed by atoms with van der Waals surface area (Å²) in [5, 5.41) is 0. The van der Waals surface area contributed by atoms with Crippen molar-refractivity contribution in [2.45, 2.75) is 25.8 Å². The minimum absolute atomic E-state index is 0.206. The molecule has 1 amide bonds. The van der Waals surface area contributed by atoms with Crippen LogP contribution in [0.1, 0.15) is 31.4 Å². The molecule has 1 unspecified atom stereocenters. The van der Waals surface area contributed by atoms with Gasteiger partial charge in [-0.2, -0.15) is 0 Å². The molecule has 1 aromatic rings. The van der Waals surface area contributed by atoms with Crippen molar-refractivity contribution in [1.29, 1.82) is 0 Å². The Morgan fingerprint density at radius 3 is 2.36 bits per heavy atom. The summed E-state index contributed by atoms with van der Waals surface area (Å²) in [6, 6.07) is 11.1. The molecule has 1 aromatic carbocycles. The van der Waals surface area contributed by atoms with E-state index in [0.717, 1.165) is 39.0 Å². The smallest absolute Gasteiger partial charge is 0.225 e. The summed E-state index contributed by atoms with van der Waals surface area (Å²) in [5.74, 6) is 0.549. The lowest BCUT2D eigenvalue weighted by Crippen LogP contribution is -2.47. The van der Waals surface area contributed by atoms with Crippen LogP contribution in [0.25, 0.3) is 0 Å². The number of piperidine rings is 1. The predicted molar refractivity (Wildman–Crippen MR) is 86.6 cm³/mol. The van der Waals surface area contributed by atoms with Gasteiger partial charge in [0.2, 0.25) is 5.91 Å². The van der Waals surface area contributed by atoms with Gasteiger partial charge in [0.25, 0.3) is 0 Å². The van der Waals surface area contributed by atoms with Crippen LogP contribution in [0.2, 0.25) is 0 Å². The fourth-order valence-corrected chi connectivity index (χ4v) is 3.52. The molecule has 4 nitrogen and oxygen atoms in total. The molecule has 2 aliphatic heterocycles. The van der Waals surface area contributed by atoms with Crippen molar-refractivity contribution in [2.75, 3.05) is 39.4 Å². The number of rotatable bonds is 3. The predicted octanol–water partition coefficient (Wildman–Crippen LogP) is 2.32. The standard InChI is InChI=1S/C18H26N2O2/c1-15(16-5-3-2-4-6-16)19-9-7-17(8-10-19)18(21)20-11-13-22-14-12-20/h2-6,15,17H,7-14H2,1H3. The summed E-state index contributed by atoms with van der Waals surface area (Å²) < 4.78 is 5.33. The number of ether oxygens (including phenoxy) is 1. The van der Waals surface area contributed by atoms with Gasteiger partial charge in [-0.25, -0.2) is 0 Å². The number of morpholine rings is 1. The highest BCUT2D eigenvalue weighted by Gasteiger charge is 2.30. The van der Waals surface area contributed by atoms with Gasteiger partial charge in [0.1, 0.15) is 0 Å². The molecule has 3 rings (SSSR count). The van der Waals surface area contributed by atoms with E-state index in [-0.39, 0.29) is 5.92 Å². The Balaban J connectivity index is 1.52. The van der Waals surface area contributed by atoms with Gasteiger partial charge in [-0.05, 0) is 38.4 Å². The zero-order valence-electron chi connectivity index (χ0n) is 13.4. The average molecular weight is 302 g/mol. The van der Waals surface area contributed by atoms with Crippen LogP contribution in [0.3, 0.4) is 0 Å². The van der Waals surface area contributed by atoms with Crippen molar-refractivity contribution in [1.82, 2.24) is 9.80 Å². The van der Waals surface area contributed by atoms with E-state index < -0.39 is 0 Å². The van der Waals surface area contributed by atoms with Crippen LogP contribution in [-0.2, 0) is 9.53 Å². The lowest BCUT2D eigenvalue weighted by Gasteiger charge is -2.38. The summed E-state index contributed by atoms with van der Waals surface area (Å²) in [6.07, 6.45) is 1.96. The molecule has 120 valence electrons. The van der Waals surface area contributed by atoms with Crippen molar-refractivity contribution in [3.05, 3.63) is 35.9 Å². The Bertz CT molecular complexity index is 477. The summed E-state index contributed by atoms with van der Waals surface area (Å²) >= 11 is 0. The molecule has 0 radical (unpaired) electrons. The minimum Gasteiger partial charge on any atom is -0.378 e. The first kappa shape index (κ1) is 15.5. The number of likely N-dealkylation sites (tertiary alicyclic amines) is 1. The van der Waals surface area contributed by atoms with Crippen LogP contribution in [0, 0.1) is 5.92 Å². The fourth-order valence-electron chi connectivity index (χ4n) is 3.52. The fraction of sp³-hybridized carbons (Fsp3) is 0.611. The Kier molecular flexibility index (Phi) is 5.11. The van der Waals surface area contributed by atoms with Crippen LogP contribution in [0.15, 0.2) is 30.3 Å². The van der Waals surface area contributed by atoms with Crippen LogP contribution < -0.4 is 0 Å². The Labute approximate surface area is 133 Å². The molecule has 4 heteroatoms. The highest BCUT2D eigenvalue weighted by molar-refractivity contribution is 5.79. The lowest BCUT2D eigenvalue weighted by atomic mass is 9.93. The molecule has 0 bridgehead atoms.